The average molecular weight is 263 g/mol. The van der Waals surface area contributed by atoms with E-state index in [-0.39, 0.29) is 18.6 Å². The maximum Gasteiger partial charge on any atom is 0.246 e. The van der Waals surface area contributed by atoms with Gasteiger partial charge in [-0.3, -0.25) is 4.79 Å². The number of aryl methyl sites for hydroxylation is 1. The quantitative estimate of drug-likeness (QED) is 0.761. The fourth-order valence-electron chi connectivity index (χ4n) is 2.26. The minimum absolute atomic E-state index is 0.0443. The van der Waals surface area contributed by atoms with Crippen LogP contribution in [-0.2, 0) is 14.3 Å². The number of nitrogens with one attached hydrogen (secondary N) is 1. The van der Waals surface area contributed by atoms with Crippen LogP contribution in [0.3, 0.4) is 0 Å². The standard InChI is InChI=1S/C15H21NO3/c1-11-5-3-4-6-12(11)13-9-14(13)16-15(17)10-19-8-7-18-2/h3-6,13-14H,7-10H2,1-2H3,(H,16,17)/t13-,14-/m0/s1. The molecule has 1 aromatic rings. The van der Waals surface area contributed by atoms with Crippen LogP contribution in [0.25, 0.3) is 0 Å². The third kappa shape index (κ3) is 4.04. The van der Waals surface area contributed by atoms with Gasteiger partial charge in [-0.25, -0.2) is 0 Å². The van der Waals surface area contributed by atoms with Crippen molar-refractivity contribution in [1.29, 1.82) is 0 Å². The molecular formula is C15H21NO3. The molecule has 1 saturated carbocycles. The molecule has 0 heterocycles. The smallest absolute Gasteiger partial charge is 0.246 e. The van der Waals surface area contributed by atoms with Gasteiger partial charge in [-0.2, -0.15) is 0 Å². The van der Waals surface area contributed by atoms with Gasteiger partial charge in [-0.1, -0.05) is 24.3 Å². The van der Waals surface area contributed by atoms with Crippen LogP contribution in [0, 0.1) is 6.92 Å². The molecule has 1 aliphatic rings. The van der Waals surface area contributed by atoms with Gasteiger partial charge in [0.15, 0.2) is 0 Å². The first-order valence-electron chi connectivity index (χ1n) is 6.64. The zero-order valence-electron chi connectivity index (χ0n) is 11.5. The summed E-state index contributed by atoms with van der Waals surface area (Å²) < 4.78 is 10.0. The van der Waals surface area contributed by atoms with E-state index >= 15 is 0 Å². The fraction of sp³-hybridized carbons (Fsp3) is 0.533. The van der Waals surface area contributed by atoms with Crippen molar-refractivity contribution in [3.8, 4) is 0 Å². The number of benzene rings is 1. The van der Waals surface area contributed by atoms with Crippen LogP contribution in [0.4, 0.5) is 0 Å². The number of ether oxygens (including phenoxy) is 2. The lowest BCUT2D eigenvalue weighted by Crippen LogP contribution is -2.30. The van der Waals surface area contributed by atoms with Crippen molar-refractivity contribution in [2.24, 2.45) is 0 Å². The van der Waals surface area contributed by atoms with E-state index in [2.05, 4.69) is 24.4 Å². The van der Waals surface area contributed by atoms with E-state index < -0.39 is 0 Å². The highest BCUT2D eigenvalue weighted by molar-refractivity contribution is 5.78. The van der Waals surface area contributed by atoms with Gasteiger partial charge >= 0.3 is 0 Å². The van der Waals surface area contributed by atoms with Crippen LogP contribution < -0.4 is 5.32 Å². The highest BCUT2D eigenvalue weighted by Gasteiger charge is 2.39. The van der Waals surface area contributed by atoms with E-state index in [0.29, 0.717) is 19.1 Å². The number of carbonyl (C=O) groups excluding carboxylic acids is 1. The van der Waals surface area contributed by atoms with E-state index in [9.17, 15) is 4.79 Å². The maximum absolute atomic E-state index is 11.6. The Morgan fingerprint density at radius 1 is 1.37 bits per heavy atom. The Bertz CT molecular complexity index is 433. The van der Waals surface area contributed by atoms with E-state index in [1.807, 2.05) is 12.1 Å². The maximum atomic E-state index is 11.6. The molecule has 4 nitrogen and oxygen atoms in total. The SMILES string of the molecule is COCCOCC(=O)N[C@H]1C[C@H]1c1ccccc1C. The third-order valence-corrected chi connectivity index (χ3v) is 3.39. The Kier molecular flexibility index (Phi) is 4.93. The molecular weight excluding hydrogens is 242 g/mol. The van der Waals surface area contributed by atoms with Crippen LogP contribution in [0.1, 0.15) is 23.5 Å². The summed E-state index contributed by atoms with van der Waals surface area (Å²) in [7, 11) is 1.61. The first kappa shape index (κ1) is 14.0. The van der Waals surface area contributed by atoms with E-state index in [1.165, 1.54) is 11.1 Å². The highest BCUT2D eigenvalue weighted by Crippen LogP contribution is 2.41. The summed E-state index contributed by atoms with van der Waals surface area (Å²) in [6, 6.07) is 8.60. The van der Waals surface area contributed by atoms with Crippen molar-refractivity contribution in [2.45, 2.75) is 25.3 Å². The molecule has 4 heteroatoms. The fourth-order valence-corrected chi connectivity index (χ4v) is 2.26. The molecule has 0 saturated heterocycles. The normalized spacial score (nSPS) is 21.2. The van der Waals surface area contributed by atoms with Crippen LogP contribution in [0.5, 0.6) is 0 Å². The molecule has 1 N–H and O–H groups in total. The molecule has 2 atom stereocenters. The number of carbonyl (C=O) groups is 1. The first-order chi connectivity index (χ1) is 9.22. The molecule has 0 unspecified atom stereocenters. The Labute approximate surface area is 114 Å². The second-order valence-corrected chi connectivity index (χ2v) is 4.92. The van der Waals surface area contributed by atoms with Crippen LogP contribution >= 0.6 is 0 Å². The molecule has 1 aliphatic carbocycles. The molecule has 104 valence electrons. The summed E-state index contributed by atoms with van der Waals surface area (Å²) in [5.74, 6) is 0.418. The van der Waals surface area contributed by atoms with Gasteiger partial charge in [0, 0.05) is 19.1 Å². The molecule has 0 bridgehead atoms. The average Bonchev–Trinajstić information content (AvgIpc) is 3.14. The number of rotatable bonds is 7. The number of amides is 1. The molecule has 1 fully saturated rings. The zero-order chi connectivity index (χ0) is 13.7. The zero-order valence-corrected chi connectivity index (χ0v) is 11.5. The van der Waals surface area contributed by atoms with Crippen molar-refractivity contribution in [3.63, 3.8) is 0 Å². The molecule has 0 aliphatic heterocycles. The molecule has 0 radical (unpaired) electrons. The van der Waals surface area contributed by atoms with Gasteiger partial charge in [0.2, 0.25) is 5.91 Å². The Morgan fingerprint density at radius 2 is 2.16 bits per heavy atom. The predicted molar refractivity (Wildman–Crippen MR) is 73.2 cm³/mol. The summed E-state index contributed by atoms with van der Waals surface area (Å²) >= 11 is 0. The predicted octanol–water partition coefficient (Wildman–Crippen LogP) is 1.63. The van der Waals surface area contributed by atoms with Gasteiger partial charge < -0.3 is 14.8 Å². The van der Waals surface area contributed by atoms with Crippen LogP contribution in [-0.4, -0.2) is 38.9 Å². The summed E-state index contributed by atoms with van der Waals surface area (Å²) in [5, 5.41) is 3.00. The Morgan fingerprint density at radius 3 is 2.89 bits per heavy atom. The van der Waals surface area contributed by atoms with E-state index in [4.69, 9.17) is 9.47 Å². The monoisotopic (exact) mass is 263 g/mol. The molecule has 0 aromatic heterocycles. The van der Waals surface area contributed by atoms with Gasteiger partial charge in [-0.05, 0) is 24.5 Å². The molecule has 0 spiro atoms. The second-order valence-electron chi connectivity index (χ2n) is 4.92. The highest BCUT2D eigenvalue weighted by atomic mass is 16.5. The van der Waals surface area contributed by atoms with Crippen molar-refractivity contribution in [2.75, 3.05) is 26.9 Å². The van der Waals surface area contributed by atoms with Crippen LogP contribution in [0.2, 0.25) is 0 Å². The minimum Gasteiger partial charge on any atom is -0.382 e. The Hall–Kier alpha value is -1.39. The van der Waals surface area contributed by atoms with Gasteiger partial charge in [0.1, 0.15) is 6.61 Å². The van der Waals surface area contributed by atoms with Gasteiger partial charge in [0.25, 0.3) is 0 Å². The van der Waals surface area contributed by atoms with Crippen molar-refractivity contribution >= 4 is 5.91 Å². The van der Waals surface area contributed by atoms with Gasteiger partial charge in [0.05, 0.1) is 13.2 Å². The molecule has 1 aromatic carbocycles. The lowest BCUT2D eigenvalue weighted by Gasteiger charge is -2.07. The summed E-state index contributed by atoms with van der Waals surface area (Å²) in [4.78, 5) is 11.6. The second kappa shape index (κ2) is 6.68. The number of methoxy groups -OCH3 is 1. The van der Waals surface area contributed by atoms with Crippen molar-refractivity contribution in [3.05, 3.63) is 35.4 Å². The van der Waals surface area contributed by atoms with E-state index in [1.54, 1.807) is 7.11 Å². The molecule has 1 amide bonds. The minimum atomic E-state index is -0.0443. The summed E-state index contributed by atoms with van der Waals surface area (Å²) in [6.07, 6.45) is 1.02. The van der Waals surface area contributed by atoms with Crippen molar-refractivity contribution in [1.82, 2.24) is 5.32 Å². The van der Waals surface area contributed by atoms with Gasteiger partial charge in [-0.15, -0.1) is 0 Å². The number of hydrogen-bond acceptors (Lipinski definition) is 3. The van der Waals surface area contributed by atoms with E-state index in [0.717, 1.165) is 6.42 Å². The third-order valence-electron chi connectivity index (χ3n) is 3.39. The summed E-state index contributed by atoms with van der Waals surface area (Å²) in [5.41, 5.74) is 2.63. The summed E-state index contributed by atoms with van der Waals surface area (Å²) in [6.45, 7) is 3.19. The molecule has 2 rings (SSSR count). The lowest BCUT2D eigenvalue weighted by molar-refractivity contribution is -0.126. The first-order valence-corrected chi connectivity index (χ1v) is 6.64. The van der Waals surface area contributed by atoms with Crippen LogP contribution in [0.15, 0.2) is 24.3 Å². The topological polar surface area (TPSA) is 47.6 Å². The lowest BCUT2D eigenvalue weighted by atomic mass is 10.0. The van der Waals surface area contributed by atoms with Crippen molar-refractivity contribution < 1.29 is 14.3 Å². The largest absolute Gasteiger partial charge is 0.382 e. The number of hydrogen-bond donors (Lipinski definition) is 1. The molecule has 19 heavy (non-hydrogen) atoms. The Balaban J connectivity index is 1.72.